The average molecular weight is 683 g/mol. The summed E-state index contributed by atoms with van der Waals surface area (Å²) < 4.78 is 0. The molecule has 0 N–H and O–H groups in total. The van der Waals surface area contributed by atoms with Gasteiger partial charge in [0.25, 0.3) is 0 Å². The molecule has 0 saturated carbocycles. The lowest BCUT2D eigenvalue weighted by Crippen LogP contribution is -1.90. The van der Waals surface area contributed by atoms with Crippen molar-refractivity contribution in [2.75, 3.05) is 0 Å². The molecule has 0 atom stereocenters. The predicted molar refractivity (Wildman–Crippen MR) is 233 cm³/mol. The molecule has 250 valence electrons. The highest BCUT2D eigenvalue weighted by Crippen LogP contribution is 2.44. The van der Waals surface area contributed by atoms with E-state index in [1.165, 1.54) is 109 Å². The fraction of sp³-hybridized carbons (Fsp3) is 0. The largest absolute Gasteiger partial charge is 0.0616 e. The van der Waals surface area contributed by atoms with Crippen molar-refractivity contribution in [1.82, 2.24) is 0 Å². The van der Waals surface area contributed by atoms with Gasteiger partial charge in [0.1, 0.15) is 0 Å². The second kappa shape index (κ2) is 12.3. The highest BCUT2D eigenvalue weighted by Gasteiger charge is 2.17. The summed E-state index contributed by atoms with van der Waals surface area (Å²) in [6.07, 6.45) is 0. The van der Waals surface area contributed by atoms with Gasteiger partial charge < -0.3 is 0 Å². The van der Waals surface area contributed by atoms with Gasteiger partial charge in [-0.25, -0.2) is 0 Å². The summed E-state index contributed by atoms with van der Waals surface area (Å²) in [5.41, 5.74) is 9.96. The molecular formula is C54H34. The monoisotopic (exact) mass is 682 g/mol. The van der Waals surface area contributed by atoms with Crippen LogP contribution in [-0.2, 0) is 0 Å². The molecule has 0 aliphatic heterocycles. The lowest BCUT2D eigenvalue weighted by molar-refractivity contribution is 1.61. The Hall–Kier alpha value is -7.02. The van der Waals surface area contributed by atoms with Crippen LogP contribution in [0.5, 0.6) is 0 Å². The Morgan fingerprint density at radius 2 is 0.444 bits per heavy atom. The zero-order valence-electron chi connectivity index (χ0n) is 29.6. The molecule has 0 nitrogen and oxygen atoms in total. The van der Waals surface area contributed by atoms with Crippen LogP contribution in [0.1, 0.15) is 0 Å². The smallest absolute Gasteiger partial charge is 0.00204 e. The summed E-state index contributed by atoms with van der Waals surface area (Å²) in [6, 6.07) is 76.2. The standard InChI is InChI=1S/C54H34/c1-7-19-45-37(13-1)31-43(33-51(45)53-47-21-9-3-15-39(47)29-40-16-4-10-22-48(40)53)35-25-27-36(28-26-35)44-32-38-14-2-8-20-46(38)52(34-44)54-49-23-11-5-17-41(49)30-42-18-6-12-24-50(42)54/h1-34H. The molecule has 0 fully saturated rings. The van der Waals surface area contributed by atoms with Gasteiger partial charge >= 0.3 is 0 Å². The predicted octanol–water partition coefficient (Wildman–Crippen LogP) is 15.3. The normalized spacial score (nSPS) is 11.7. The molecule has 0 heteroatoms. The van der Waals surface area contributed by atoms with Crippen LogP contribution in [0.3, 0.4) is 0 Å². The van der Waals surface area contributed by atoms with Crippen LogP contribution in [0.4, 0.5) is 0 Å². The molecule has 54 heavy (non-hydrogen) atoms. The maximum atomic E-state index is 2.41. The van der Waals surface area contributed by atoms with Gasteiger partial charge in [-0.1, -0.05) is 170 Å². The molecule has 0 aromatic heterocycles. The van der Waals surface area contributed by atoms with Crippen molar-refractivity contribution >= 4 is 64.6 Å². The van der Waals surface area contributed by atoms with E-state index in [4.69, 9.17) is 0 Å². The number of hydrogen-bond donors (Lipinski definition) is 0. The Bertz CT molecular complexity index is 2930. The van der Waals surface area contributed by atoms with Crippen molar-refractivity contribution in [2.45, 2.75) is 0 Å². The third-order valence-electron chi connectivity index (χ3n) is 11.4. The fourth-order valence-corrected chi connectivity index (χ4v) is 8.83. The van der Waals surface area contributed by atoms with Gasteiger partial charge in [0.15, 0.2) is 0 Å². The minimum atomic E-state index is 1.20. The Morgan fingerprint density at radius 1 is 0.185 bits per heavy atom. The minimum Gasteiger partial charge on any atom is -0.0616 e. The van der Waals surface area contributed by atoms with E-state index in [1.54, 1.807) is 0 Å². The molecule has 0 unspecified atom stereocenters. The molecule has 0 aliphatic rings. The van der Waals surface area contributed by atoms with Crippen LogP contribution in [0.15, 0.2) is 206 Å². The second-order valence-corrected chi connectivity index (χ2v) is 14.5. The summed E-state index contributed by atoms with van der Waals surface area (Å²) in [7, 11) is 0. The molecule has 0 saturated heterocycles. The molecule has 0 aliphatic carbocycles. The first kappa shape index (κ1) is 30.6. The van der Waals surface area contributed by atoms with Crippen molar-refractivity contribution in [3.05, 3.63) is 206 Å². The minimum absolute atomic E-state index is 1.20. The summed E-state index contributed by atoms with van der Waals surface area (Å²) >= 11 is 0. The summed E-state index contributed by atoms with van der Waals surface area (Å²) in [4.78, 5) is 0. The number of hydrogen-bond acceptors (Lipinski definition) is 0. The van der Waals surface area contributed by atoms with E-state index >= 15 is 0 Å². The highest BCUT2D eigenvalue weighted by atomic mass is 14.2. The quantitative estimate of drug-likeness (QED) is 0.162. The highest BCUT2D eigenvalue weighted by molar-refractivity contribution is 6.19. The van der Waals surface area contributed by atoms with Crippen LogP contribution in [0.25, 0.3) is 109 Å². The van der Waals surface area contributed by atoms with Gasteiger partial charge in [-0.3, -0.25) is 0 Å². The summed E-state index contributed by atoms with van der Waals surface area (Å²) in [6.45, 7) is 0. The van der Waals surface area contributed by atoms with Gasteiger partial charge in [-0.2, -0.15) is 0 Å². The van der Waals surface area contributed by atoms with Crippen LogP contribution < -0.4 is 0 Å². The van der Waals surface area contributed by atoms with Crippen molar-refractivity contribution in [3.63, 3.8) is 0 Å². The third-order valence-corrected chi connectivity index (χ3v) is 11.4. The fourth-order valence-electron chi connectivity index (χ4n) is 8.83. The zero-order chi connectivity index (χ0) is 35.6. The molecule has 0 spiro atoms. The molecule has 11 aromatic rings. The van der Waals surface area contributed by atoms with Gasteiger partial charge in [0.2, 0.25) is 0 Å². The maximum Gasteiger partial charge on any atom is -0.00204 e. The van der Waals surface area contributed by atoms with Gasteiger partial charge in [0, 0.05) is 0 Å². The van der Waals surface area contributed by atoms with Crippen LogP contribution in [0, 0.1) is 0 Å². The van der Waals surface area contributed by atoms with Crippen LogP contribution in [0.2, 0.25) is 0 Å². The van der Waals surface area contributed by atoms with Crippen molar-refractivity contribution in [3.8, 4) is 44.5 Å². The van der Waals surface area contributed by atoms with E-state index in [0.717, 1.165) is 0 Å². The van der Waals surface area contributed by atoms with E-state index in [1.807, 2.05) is 0 Å². The molecule has 11 aromatic carbocycles. The Morgan fingerprint density at radius 3 is 0.759 bits per heavy atom. The molecular weight excluding hydrogens is 649 g/mol. The molecule has 0 radical (unpaired) electrons. The van der Waals surface area contributed by atoms with E-state index in [-0.39, 0.29) is 0 Å². The Labute approximate surface area is 314 Å². The van der Waals surface area contributed by atoms with Gasteiger partial charge in [0.05, 0.1) is 0 Å². The van der Waals surface area contributed by atoms with Gasteiger partial charge in [-0.15, -0.1) is 0 Å². The first-order chi connectivity index (χ1) is 26.8. The van der Waals surface area contributed by atoms with Crippen molar-refractivity contribution in [1.29, 1.82) is 0 Å². The molecule has 0 amide bonds. The van der Waals surface area contributed by atoms with Gasteiger partial charge in [-0.05, 0) is 146 Å². The van der Waals surface area contributed by atoms with Crippen molar-refractivity contribution in [2.24, 2.45) is 0 Å². The number of rotatable bonds is 4. The first-order valence-corrected chi connectivity index (χ1v) is 18.7. The summed E-state index contributed by atoms with van der Waals surface area (Å²) in [5, 5.41) is 15.2. The van der Waals surface area contributed by atoms with E-state index in [0.29, 0.717) is 0 Å². The number of benzene rings is 11. The first-order valence-electron chi connectivity index (χ1n) is 18.7. The topological polar surface area (TPSA) is 0 Å². The van der Waals surface area contributed by atoms with Crippen molar-refractivity contribution < 1.29 is 0 Å². The second-order valence-electron chi connectivity index (χ2n) is 14.5. The Balaban J connectivity index is 1.09. The van der Waals surface area contributed by atoms with E-state index < -0.39 is 0 Å². The maximum absolute atomic E-state index is 2.41. The SMILES string of the molecule is c1ccc2c(-c3c4ccccc4cc4ccccc34)cc(-c3ccc(-c4cc(-c5c6ccccc6cc6ccccc56)c5ccccc5c4)cc3)cc2c1. The van der Waals surface area contributed by atoms with E-state index in [2.05, 4.69) is 206 Å². The average Bonchev–Trinajstić information content (AvgIpc) is 3.24. The zero-order valence-corrected chi connectivity index (χ0v) is 29.6. The lowest BCUT2D eigenvalue weighted by atomic mass is 9.86. The third kappa shape index (κ3) is 4.92. The lowest BCUT2D eigenvalue weighted by Gasteiger charge is -2.17. The Kier molecular flexibility index (Phi) is 6.97. The van der Waals surface area contributed by atoms with Crippen LogP contribution in [-0.4, -0.2) is 0 Å². The molecule has 0 heterocycles. The van der Waals surface area contributed by atoms with Crippen LogP contribution >= 0.6 is 0 Å². The molecule has 0 bridgehead atoms. The molecule has 11 rings (SSSR count). The van der Waals surface area contributed by atoms with E-state index in [9.17, 15) is 0 Å². The number of fused-ring (bicyclic) bond motifs is 6. The summed E-state index contributed by atoms with van der Waals surface area (Å²) in [5.74, 6) is 0.